The summed E-state index contributed by atoms with van der Waals surface area (Å²) in [6.07, 6.45) is 5.71. The van der Waals surface area contributed by atoms with Gasteiger partial charge in [-0.3, -0.25) is 4.79 Å². The largest absolute Gasteiger partial charge is 0.372 e. The summed E-state index contributed by atoms with van der Waals surface area (Å²) < 4.78 is 5.29. The summed E-state index contributed by atoms with van der Waals surface area (Å²) in [5.41, 5.74) is 0. The molecule has 1 rings (SSSR count). The van der Waals surface area contributed by atoms with Crippen molar-refractivity contribution < 1.29 is 9.53 Å². The normalized spacial score (nSPS) is 25.4. The van der Waals surface area contributed by atoms with Crippen molar-refractivity contribution in [2.45, 2.75) is 49.9 Å². The molecular weight excluding hydrogens is 270 g/mol. The van der Waals surface area contributed by atoms with E-state index in [1.807, 2.05) is 18.9 Å². The lowest BCUT2D eigenvalue weighted by Gasteiger charge is -2.35. The van der Waals surface area contributed by atoms with Crippen LogP contribution < -0.4 is 0 Å². The van der Waals surface area contributed by atoms with Gasteiger partial charge in [-0.05, 0) is 19.3 Å². The van der Waals surface area contributed by atoms with E-state index in [4.69, 9.17) is 4.74 Å². The first kappa shape index (κ1) is 14.0. The maximum atomic E-state index is 11.8. The van der Waals surface area contributed by atoms with Crippen LogP contribution in [0.5, 0.6) is 0 Å². The van der Waals surface area contributed by atoms with E-state index in [9.17, 15) is 4.79 Å². The first-order valence-electron chi connectivity index (χ1n) is 6.14. The second kappa shape index (κ2) is 7.28. The van der Waals surface area contributed by atoms with Gasteiger partial charge in [-0.15, -0.1) is 0 Å². The molecule has 0 bridgehead atoms. The van der Waals surface area contributed by atoms with Crippen LogP contribution in [0.2, 0.25) is 0 Å². The van der Waals surface area contributed by atoms with E-state index >= 15 is 0 Å². The van der Waals surface area contributed by atoms with E-state index in [1.165, 1.54) is 12.8 Å². The van der Waals surface area contributed by atoms with E-state index in [0.29, 0.717) is 17.5 Å². The Morgan fingerprint density at radius 2 is 2.12 bits per heavy atom. The van der Waals surface area contributed by atoms with Gasteiger partial charge in [0.25, 0.3) is 0 Å². The summed E-state index contributed by atoms with van der Waals surface area (Å²) in [6, 6.07) is 0.339. The average Bonchev–Trinajstić information content (AvgIpc) is 2.29. The van der Waals surface area contributed by atoms with Gasteiger partial charge >= 0.3 is 0 Å². The zero-order chi connectivity index (χ0) is 12.0. The number of carbonyl (C=O) groups excluding carboxylic acids is 1. The van der Waals surface area contributed by atoms with Crippen LogP contribution in [-0.4, -0.2) is 41.9 Å². The first-order valence-corrected chi connectivity index (χ1v) is 7.05. The number of likely N-dealkylation sites (N-methyl/N-ethyl adjacent to an activating group) is 1. The third-order valence-electron chi connectivity index (χ3n) is 3.11. The molecule has 0 saturated heterocycles. The zero-order valence-electron chi connectivity index (χ0n) is 10.2. The SMILES string of the molecule is CCCOCC(=O)N(C)C1CCCCC1Br. The van der Waals surface area contributed by atoms with Crippen molar-refractivity contribution in [1.29, 1.82) is 0 Å². The van der Waals surface area contributed by atoms with E-state index in [-0.39, 0.29) is 12.5 Å². The third-order valence-corrected chi connectivity index (χ3v) is 4.18. The number of rotatable bonds is 5. The molecule has 0 aromatic heterocycles. The van der Waals surface area contributed by atoms with Crippen molar-refractivity contribution in [3.63, 3.8) is 0 Å². The topological polar surface area (TPSA) is 29.5 Å². The van der Waals surface area contributed by atoms with Crippen molar-refractivity contribution in [2.75, 3.05) is 20.3 Å². The fraction of sp³-hybridized carbons (Fsp3) is 0.917. The van der Waals surface area contributed by atoms with Crippen molar-refractivity contribution >= 4 is 21.8 Å². The molecule has 1 aliphatic carbocycles. The number of carbonyl (C=O) groups is 1. The minimum Gasteiger partial charge on any atom is -0.372 e. The van der Waals surface area contributed by atoms with Gasteiger partial charge in [-0.2, -0.15) is 0 Å². The molecule has 1 fully saturated rings. The molecule has 94 valence electrons. The molecule has 0 spiro atoms. The van der Waals surface area contributed by atoms with Gasteiger partial charge in [0, 0.05) is 24.5 Å². The van der Waals surface area contributed by atoms with Gasteiger partial charge in [-0.25, -0.2) is 0 Å². The predicted molar refractivity (Wildman–Crippen MR) is 68.9 cm³/mol. The van der Waals surface area contributed by atoms with Gasteiger partial charge in [0.05, 0.1) is 0 Å². The van der Waals surface area contributed by atoms with E-state index < -0.39 is 0 Å². The molecule has 1 saturated carbocycles. The predicted octanol–water partition coefficient (Wildman–Crippen LogP) is 2.58. The van der Waals surface area contributed by atoms with Crippen LogP contribution in [0.25, 0.3) is 0 Å². The lowest BCUT2D eigenvalue weighted by molar-refractivity contribution is -0.137. The third kappa shape index (κ3) is 4.06. The monoisotopic (exact) mass is 291 g/mol. The van der Waals surface area contributed by atoms with Crippen LogP contribution in [-0.2, 0) is 9.53 Å². The van der Waals surface area contributed by atoms with Crippen LogP contribution in [0.4, 0.5) is 0 Å². The molecular formula is C12H22BrNO2. The van der Waals surface area contributed by atoms with Gasteiger partial charge in [0.2, 0.25) is 5.91 Å². The minimum absolute atomic E-state index is 0.102. The molecule has 0 aromatic carbocycles. The van der Waals surface area contributed by atoms with Crippen LogP contribution >= 0.6 is 15.9 Å². The van der Waals surface area contributed by atoms with Gasteiger partial charge in [0.1, 0.15) is 6.61 Å². The van der Waals surface area contributed by atoms with E-state index in [1.54, 1.807) is 0 Å². The number of hydrogen-bond acceptors (Lipinski definition) is 2. The number of ether oxygens (including phenoxy) is 1. The molecule has 0 aliphatic heterocycles. The summed E-state index contributed by atoms with van der Waals surface area (Å²) in [6.45, 7) is 2.94. The Balaban J connectivity index is 2.36. The molecule has 3 nitrogen and oxygen atoms in total. The van der Waals surface area contributed by atoms with Gasteiger partial charge < -0.3 is 9.64 Å². The lowest BCUT2D eigenvalue weighted by atomic mass is 9.94. The number of nitrogens with zero attached hydrogens (tertiary/aromatic N) is 1. The fourth-order valence-electron chi connectivity index (χ4n) is 2.09. The van der Waals surface area contributed by atoms with E-state index in [0.717, 1.165) is 19.3 Å². The maximum Gasteiger partial charge on any atom is 0.248 e. The highest BCUT2D eigenvalue weighted by molar-refractivity contribution is 9.09. The maximum absolute atomic E-state index is 11.8. The highest BCUT2D eigenvalue weighted by atomic mass is 79.9. The molecule has 0 N–H and O–H groups in total. The standard InChI is InChI=1S/C12H22BrNO2/c1-3-8-16-9-12(15)14(2)11-7-5-4-6-10(11)13/h10-11H,3-9H2,1-2H3. The van der Waals surface area contributed by atoms with Crippen LogP contribution in [0.15, 0.2) is 0 Å². The number of hydrogen-bond donors (Lipinski definition) is 0. The molecule has 0 radical (unpaired) electrons. The Morgan fingerprint density at radius 3 is 2.75 bits per heavy atom. The number of halogens is 1. The Morgan fingerprint density at radius 1 is 1.44 bits per heavy atom. The van der Waals surface area contributed by atoms with Crippen molar-refractivity contribution in [3.05, 3.63) is 0 Å². The molecule has 16 heavy (non-hydrogen) atoms. The van der Waals surface area contributed by atoms with Crippen molar-refractivity contribution in [1.82, 2.24) is 4.90 Å². The highest BCUT2D eigenvalue weighted by Gasteiger charge is 2.28. The average molecular weight is 292 g/mol. The summed E-state index contributed by atoms with van der Waals surface area (Å²) in [5, 5.41) is 0. The molecule has 1 amide bonds. The first-order chi connectivity index (χ1) is 7.66. The second-order valence-corrected chi connectivity index (χ2v) is 5.60. The van der Waals surface area contributed by atoms with Gasteiger partial charge in [0.15, 0.2) is 0 Å². The van der Waals surface area contributed by atoms with Crippen molar-refractivity contribution in [2.24, 2.45) is 0 Å². The lowest BCUT2D eigenvalue weighted by Crippen LogP contribution is -2.45. The van der Waals surface area contributed by atoms with Crippen LogP contribution in [0, 0.1) is 0 Å². The van der Waals surface area contributed by atoms with E-state index in [2.05, 4.69) is 15.9 Å². The second-order valence-electron chi connectivity index (χ2n) is 4.43. The molecule has 0 aromatic rings. The summed E-state index contributed by atoms with van der Waals surface area (Å²) in [4.78, 5) is 14.1. The van der Waals surface area contributed by atoms with Crippen LogP contribution in [0.3, 0.4) is 0 Å². The quantitative estimate of drug-likeness (QED) is 0.576. The van der Waals surface area contributed by atoms with Crippen LogP contribution in [0.1, 0.15) is 39.0 Å². The Kier molecular flexibility index (Phi) is 6.36. The number of amides is 1. The zero-order valence-corrected chi connectivity index (χ0v) is 11.8. The smallest absolute Gasteiger partial charge is 0.248 e. The molecule has 0 heterocycles. The minimum atomic E-state index is 0.102. The molecule has 2 atom stereocenters. The summed E-state index contributed by atoms with van der Waals surface area (Å²) >= 11 is 3.67. The summed E-state index contributed by atoms with van der Waals surface area (Å²) in [5.74, 6) is 0.102. The van der Waals surface area contributed by atoms with Gasteiger partial charge in [-0.1, -0.05) is 35.7 Å². The Hall–Kier alpha value is -0.0900. The number of alkyl halides is 1. The fourth-order valence-corrected chi connectivity index (χ4v) is 3.04. The molecule has 1 aliphatic rings. The Bertz CT molecular complexity index is 223. The summed E-state index contributed by atoms with van der Waals surface area (Å²) in [7, 11) is 1.89. The Labute approximate surface area is 107 Å². The van der Waals surface area contributed by atoms with Crippen molar-refractivity contribution in [3.8, 4) is 0 Å². The molecule has 4 heteroatoms. The molecule has 2 unspecified atom stereocenters. The highest BCUT2D eigenvalue weighted by Crippen LogP contribution is 2.27.